The lowest BCUT2D eigenvalue weighted by molar-refractivity contribution is -0.121. The van der Waals surface area contributed by atoms with Crippen LogP contribution in [-0.4, -0.2) is 31.7 Å². The highest BCUT2D eigenvalue weighted by atomic mass is 16.1. The van der Waals surface area contributed by atoms with Gasteiger partial charge in [0.1, 0.15) is 0 Å². The van der Waals surface area contributed by atoms with Crippen LogP contribution in [0.15, 0.2) is 6.07 Å². The van der Waals surface area contributed by atoms with Gasteiger partial charge in [-0.05, 0) is 52.5 Å². The third kappa shape index (κ3) is 3.94. The monoisotopic (exact) mass is 355 g/mol. The zero-order chi connectivity index (χ0) is 18.8. The number of aromatic nitrogens is 4. The Morgan fingerprint density at radius 1 is 1.15 bits per heavy atom. The number of carbonyl (C=O) groups is 1. The second-order valence-corrected chi connectivity index (χ2v) is 7.62. The summed E-state index contributed by atoms with van der Waals surface area (Å²) in [6.45, 7) is 10.0. The van der Waals surface area contributed by atoms with Crippen LogP contribution in [-0.2, 0) is 11.2 Å². The van der Waals surface area contributed by atoms with E-state index in [2.05, 4.69) is 27.3 Å². The number of rotatable bonds is 4. The molecule has 0 saturated heterocycles. The fraction of sp³-hybridized carbons (Fsp3) is 0.600. The van der Waals surface area contributed by atoms with Crippen LogP contribution in [0.3, 0.4) is 0 Å². The van der Waals surface area contributed by atoms with E-state index in [4.69, 9.17) is 0 Å². The lowest BCUT2D eigenvalue weighted by Gasteiger charge is -2.29. The zero-order valence-electron chi connectivity index (χ0n) is 16.5. The summed E-state index contributed by atoms with van der Waals surface area (Å²) in [5, 5.41) is 7.82. The maximum absolute atomic E-state index is 12.6. The lowest BCUT2D eigenvalue weighted by atomic mass is 9.86. The molecule has 1 aliphatic carbocycles. The second kappa shape index (κ2) is 7.56. The zero-order valence-corrected chi connectivity index (χ0v) is 16.5. The molecule has 6 nitrogen and oxygen atoms in total. The molecule has 0 unspecified atom stereocenters. The van der Waals surface area contributed by atoms with E-state index in [9.17, 15) is 4.79 Å². The Morgan fingerprint density at radius 2 is 1.81 bits per heavy atom. The standard InChI is InChI=1S/C20H29N5O/c1-12-8-6-7-9-18(12)23-19(26)11-17-15(4)24-25(16(17)5)20-21-13(2)10-14(3)22-20/h10,12,18H,6-9,11H2,1-5H3,(H,23,26)/t12-,18-/m1/s1. The van der Waals surface area contributed by atoms with E-state index >= 15 is 0 Å². The Balaban J connectivity index is 1.78. The smallest absolute Gasteiger partial charge is 0.251 e. The summed E-state index contributed by atoms with van der Waals surface area (Å²) in [6.07, 6.45) is 5.11. The topological polar surface area (TPSA) is 72.7 Å². The van der Waals surface area contributed by atoms with Gasteiger partial charge in [-0.2, -0.15) is 5.10 Å². The first-order valence-corrected chi connectivity index (χ1v) is 9.52. The molecule has 6 heteroatoms. The predicted molar refractivity (Wildman–Crippen MR) is 101 cm³/mol. The van der Waals surface area contributed by atoms with Crippen molar-refractivity contribution in [2.45, 2.75) is 72.8 Å². The molecule has 2 heterocycles. The minimum absolute atomic E-state index is 0.0795. The van der Waals surface area contributed by atoms with Gasteiger partial charge in [0.05, 0.1) is 12.1 Å². The molecule has 0 radical (unpaired) electrons. The second-order valence-electron chi connectivity index (χ2n) is 7.62. The number of nitrogens with one attached hydrogen (secondary N) is 1. The lowest BCUT2D eigenvalue weighted by Crippen LogP contribution is -2.41. The summed E-state index contributed by atoms with van der Waals surface area (Å²) in [4.78, 5) is 21.6. The maximum Gasteiger partial charge on any atom is 0.251 e. The van der Waals surface area contributed by atoms with Gasteiger partial charge >= 0.3 is 0 Å². The third-order valence-electron chi connectivity index (χ3n) is 5.40. The first kappa shape index (κ1) is 18.5. The number of aryl methyl sites for hydroxylation is 3. The van der Waals surface area contributed by atoms with E-state index in [0.29, 0.717) is 24.3 Å². The van der Waals surface area contributed by atoms with Crippen molar-refractivity contribution in [3.8, 4) is 5.95 Å². The first-order chi connectivity index (χ1) is 12.3. The van der Waals surface area contributed by atoms with Crippen molar-refractivity contribution in [3.63, 3.8) is 0 Å². The van der Waals surface area contributed by atoms with Crippen molar-refractivity contribution < 1.29 is 4.79 Å². The molecule has 2 atom stereocenters. The summed E-state index contributed by atoms with van der Waals surface area (Å²) in [5.41, 5.74) is 4.57. The van der Waals surface area contributed by atoms with E-state index in [1.807, 2.05) is 33.8 Å². The third-order valence-corrected chi connectivity index (χ3v) is 5.40. The Kier molecular flexibility index (Phi) is 5.39. The Labute approximate surface area is 155 Å². The number of amides is 1. The van der Waals surface area contributed by atoms with Crippen molar-refractivity contribution >= 4 is 5.91 Å². The molecule has 140 valence electrons. The normalized spacial score (nSPS) is 20.2. The van der Waals surface area contributed by atoms with Gasteiger partial charge in [0, 0.05) is 28.7 Å². The SMILES string of the molecule is Cc1cc(C)nc(-n2nc(C)c(CC(=O)N[C@@H]3CCCC[C@H]3C)c2C)n1. The molecule has 1 N–H and O–H groups in total. The van der Waals surface area contributed by atoms with Crippen LogP contribution in [0.1, 0.15) is 60.9 Å². The molecular formula is C20H29N5O. The number of hydrogen-bond acceptors (Lipinski definition) is 4. The fourth-order valence-corrected chi connectivity index (χ4v) is 3.88. The van der Waals surface area contributed by atoms with Gasteiger partial charge in [0.15, 0.2) is 0 Å². The predicted octanol–water partition coefficient (Wildman–Crippen LogP) is 3.13. The van der Waals surface area contributed by atoms with Gasteiger partial charge in [-0.1, -0.05) is 19.8 Å². The molecule has 26 heavy (non-hydrogen) atoms. The van der Waals surface area contributed by atoms with Gasteiger partial charge in [-0.3, -0.25) is 4.79 Å². The molecule has 1 aliphatic rings. The fourth-order valence-electron chi connectivity index (χ4n) is 3.88. The van der Waals surface area contributed by atoms with Crippen LogP contribution >= 0.6 is 0 Å². The quantitative estimate of drug-likeness (QED) is 0.914. The molecule has 0 aliphatic heterocycles. The van der Waals surface area contributed by atoms with Crippen LogP contribution < -0.4 is 5.32 Å². The molecule has 1 fully saturated rings. The van der Waals surface area contributed by atoms with Gasteiger partial charge in [0.2, 0.25) is 5.91 Å². The van der Waals surface area contributed by atoms with Crippen LogP contribution in [0, 0.1) is 33.6 Å². The van der Waals surface area contributed by atoms with Crippen molar-refractivity contribution in [2.75, 3.05) is 0 Å². The number of carbonyl (C=O) groups excluding carboxylic acids is 1. The van der Waals surface area contributed by atoms with Gasteiger partial charge in [-0.15, -0.1) is 0 Å². The summed E-state index contributed by atoms with van der Waals surface area (Å²) in [7, 11) is 0. The van der Waals surface area contributed by atoms with Crippen molar-refractivity contribution in [1.29, 1.82) is 0 Å². The van der Waals surface area contributed by atoms with E-state index in [1.54, 1.807) is 4.68 Å². The minimum Gasteiger partial charge on any atom is -0.353 e. The highest BCUT2D eigenvalue weighted by molar-refractivity contribution is 5.79. The van der Waals surface area contributed by atoms with E-state index < -0.39 is 0 Å². The number of nitrogens with zero attached hydrogens (tertiary/aromatic N) is 4. The molecule has 2 aromatic heterocycles. The van der Waals surface area contributed by atoms with Gasteiger partial charge in [-0.25, -0.2) is 14.6 Å². The molecule has 1 amide bonds. The molecule has 0 bridgehead atoms. The molecular weight excluding hydrogens is 326 g/mol. The van der Waals surface area contributed by atoms with Gasteiger partial charge in [0.25, 0.3) is 5.95 Å². The Hall–Kier alpha value is -2.24. The summed E-state index contributed by atoms with van der Waals surface area (Å²) < 4.78 is 1.75. The van der Waals surface area contributed by atoms with Gasteiger partial charge < -0.3 is 5.32 Å². The molecule has 0 spiro atoms. The molecule has 1 saturated carbocycles. The molecule has 3 rings (SSSR count). The average Bonchev–Trinajstić information content (AvgIpc) is 2.84. The molecule has 0 aromatic carbocycles. The molecule has 2 aromatic rings. The summed E-state index contributed by atoms with van der Waals surface area (Å²) >= 11 is 0. The summed E-state index contributed by atoms with van der Waals surface area (Å²) in [6, 6.07) is 2.24. The van der Waals surface area contributed by atoms with E-state index in [1.165, 1.54) is 19.3 Å². The van der Waals surface area contributed by atoms with Crippen molar-refractivity contribution in [1.82, 2.24) is 25.1 Å². The van der Waals surface area contributed by atoms with Crippen molar-refractivity contribution in [3.05, 3.63) is 34.4 Å². The van der Waals surface area contributed by atoms with E-state index in [-0.39, 0.29) is 5.91 Å². The largest absolute Gasteiger partial charge is 0.353 e. The highest BCUT2D eigenvalue weighted by Crippen LogP contribution is 2.24. The maximum atomic E-state index is 12.6. The van der Waals surface area contributed by atoms with Crippen LogP contribution in [0.4, 0.5) is 0 Å². The van der Waals surface area contributed by atoms with Crippen LogP contribution in [0.5, 0.6) is 0 Å². The Morgan fingerprint density at radius 3 is 2.46 bits per heavy atom. The first-order valence-electron chi connectivity index (χ1n) is 9.52. The van der Waals surface area contributed by atoms with Crippen LogP contribution in [0.25, 0.3) is 5.95 Å². The number of hydrogen-bond donors (Lipinski definition) is 1. The average molecular weight is 355 g/mol. The highest BCUT2D eigenvalue weighted by Gasteiger charge is 2.24. The summed E-state index contributed by atoms with van der Waals surface area (Å²) in [5.74, 6) is 1.20. The minimum atomic E-state index is 0.0795. The van der Waals surface area contributed by atoms with E-state index in [0.717, 1.165) is 34.8 Å². The van der Waals surface area contributed by atoms with Crippen LogP contribution in [0.2, 0.25) is 0 Å². The Bertz CT molecular complexity index is 791. The van der Waals surface area contributed by atoms with Crippen molar-refractivity contribution in [2.24, 2.45) is 5.92 Å².